The molecule has 39 heavy (non-hydrogen) atoms. The second kappa shape index (κ2) is 10.6. The first-order valence-corrected chi connectivity index (χ1v) is 11.1. The number of nitrogens with one attached hydrogen (secondary N) is 2. The summed E-state index contributed by atoms with van der Waals surface area (Å²) in [5.41, 5.74) is 4.53. The molecule has 0 aliphatic rings. The van der Waals surface area contributed by atoms with E-state index in [4.69, 9.17) is 10.2 Å². The molecule has 0 radical (unpaired) electrons. The maximum atomic E-state index is 13.5. The number of amides is 1. The van der Waals surface area contributed by atoms with Crippen LogP contribution >= 0.6 is 0 Å². The Labute approximate surface area is 215 Å². The number of hydrogen-bond acceptors (Lipinski definition) is 8. The standard InChI is InChI=1S/C23H19F6N7O3/c1-12(30)19(37)31-11-13-5-4-6-14(9-13)36-16(10-18(35-36)22(24,25)26)20-33-34-21(38-20)32-15-7-2-3-8-17(15)39-23(27,28)29/h2-10,12H,11,30H2,1H3,(H,31,37)(H,32,34)/t12-/m0/s1. The monoisotopic (exact) mass is 555 g/mol. The molecule has 0 bridgehead atoms. The Morgan fingerprint density at radius 1 is 1.08 bits per heavy atom. The minimum Gasteiger partial charge on any atom is -0.404 e. The van der Waals surface area contributed by atoms with E-state index in [1.807, 2.05) is 0 Å². The second-order valence-corrected chi connectivity index (χ2v) is 8.08. The van der Waals surface area contributed by atoms with Gasteiger partial charge in [-0.1, -0.05) is 29.4 Å². The summed E-state index contributed by atoms with van der Waals surface area (Å²) >= 11 is 0. The number of benzene rings is 2. The maximum Gasteiger partial charge on any atom is 0.573 e. The summed E-state index contributed by atoms with van der Waals surface area (Å²) in [6.07, 6.45) is -9.80. The van der Waals surface area contributed by atoms with E-state index in [9.17, 15) is 31.1 Å². The minimum absolute atomic E-state index is 0.0466. The van der Waals surface area contributed by atoms with Crippen molar-refractivity contribution in [2.45, 2.75) is 32.0 Å². The van der Waals surface area contributed by atoms with Gasteiger partial charge in [-0.05, 0) is 36.8 Å². The van der Waals surface area contributed by atoms with Crippen molar-refractivity contribution in [3.63, 3.8) is 0 Å². The third-order valence-electron chi connectivity index (χ3n) is 5.03. The lowest BCUT2D eigenvalue weighted by Crippen LogP contribution is -2.37. The molecule has 0 aliphatic carbocycles. The first-order valence-electron chi connectivity index (χ1n) is 11.1. The van der Waals surface area contributed by atoms with E-state index >= 15 is 0 Å². The van der Waals surface area contributed by atoms with Crippen LogP contribution in [0.2, 0.25) is 0 Å². The van der Waals surface area contributed by atoms with Crippen molar-refractivity contribution < 1.29 is 40.3 Å². The fraction of sp³-hybridized carbons (Fsp3) is 0.217. The van der Waals surface area contributed by atoms with Crippen molar-refractivity contribution in [3.05, 3.63) is 65.9 Å². The molecule has 10 nitrogen and oxygen atoms in total. The minimum atomic E-state index is -4.97. The Bertz CT molecular complexity index is 1460. The highest BCUT2D eigenvalue weighted by molar-refractivity contribution is 5.80. The summed E-state index contributed by atoms with van der Waals surface area (Å²) in [7, 11) is 0. The van der Waals surface area contributed by atoms with E-state index in [1.165, 1.54) is 37.3 Å². The molecule has 0 fully saturated rings. The van der Waals surface area contributed by atoms with E-state index in [0.717, 1.165) is 10.7 Å². The number of carbonyl (C=O) groups is 1. The van der Waals surface area contributed by atoms with Crippen LogP contribution in [0.5, 0.6) is 5.75 Å². The van der Waals surface area contributed by atoms with Gasteiger partial charge < -0.3 is 25.5 Å². The van der Waals surface area contributed by atoms with Crippen LogP contribution in [-0.4, -0.2) is 38.3 Å². The number of nitrogens with two attached hydrogens (primary N) is 1. The Kier molecular flexibility index (Phi) is 7.49. The van der Waals surface area contributed by atoms with Gasteiger partial charge in [0.25, 0.3) is 5.89 Å². The fourth-order valence-corrected chi connectivity index (χ4v) is 3.29. The number of alkyl halides is 6. The van der Waals surface area contributed by atoms with Gasteiger partial charge in [0.1, 0.15) is 5.69 Å². The predicted molar refractivity (Wildman–Crippen MR) is 124 cm³/mol. The molecule has 4 N–H and O–H groups in total. The van der Waals surface area contributed by atoms with E-state index in [2.05, 4.69) is 30.7 Å². The summed E-state index contributed by atoms with van der Waals surface area (Å²) in [5, 5.41) is 16.1. The zero-order valence-electron chi connectivity index (χ0n) is 19.8. The molecule has 0 spiro atoms. The number of hydrogen-bond donors (Lipinski definition) is 3. The smallest absolute Gasteiger partial charge is 0.404 e. The molecule has 2 aromatic carbocycles. The van der Waals surface area contributed by atoms with Crippen LogP contribution in [0.25, 0.3) is 17.3 Å². The highest BCUT2D eigenvalue weighted by Crippen LogP contribution is 2.35. The molecular formula is C23H19F6N7O3. The number of anilines is 2. The van der Waals surface area contributed by atoms with Crippen molar-refractivity contribution in [1.29, 1.82) is 0 Å². The van der Waals surface area contributed by atoms with Crippen LogP contribution in [-0.2, 0) is 17.5 Å². The van der Waals surface area contributed by atoms with Gasteiger partial charge in [-0.25, -0.2) is 4.68 Å². The first kappa shape index (κ1) is 27.4. The highest BCUT2D eigenvalue weighted by Gasteiger charge is 2.36. The fourth-order valence-electron chi connectivity index (χ4n) is 3.29. The summed E-state index contributed by atoms with van der Waals surface area (Å²) in [5.74, 6) is -1.43. The number of para-hydroxylation sites is 2. The lowest BCUT2D eigenvalue weighted by Gasteiger charge is -2.12. The van der Waals surface area contributed by atoms with E-state index in [0.29, 0.717) is 11.6 Å². The van der Waals surface area contributed by atoms with Crippen molar-refractivity contribution in [3.8, 4) is 23.0 Å². The van der Waals surface area contributed by atoms with Crippen LogP contribution in [0, 0.1) is 0 Å². The summed E-state index contributed by atoms with van der Waals surface area (Å²) < 4.78 is 89.0. The Morgan fingerprint density at radius 2 is 1.82 bits per heavy atom. The molecule has 0 aliphatic heterocycles. The van der Waals surface area contributed by atoms with Gasteiger partial charge in [-0.15, -0.1) is 18.3 Å². The molecule has 2 heterocycles. The summed E-state index contributed by atoms with van der Waals surface area (Å²) in [6, 6.07) is 10.6. The average Bonchev–Trinajstić information content (AvgIpc) is 3.50. The lowest BCUT2D eigenvalue weighted by molar-refractivity contribution is -0.274. The number of rotatable bonds is 8. The molecule has 1 amide bonds. The molecule has 206 valence electrons. The van der Waals surface area contributed by atoms with E-state index in [-0.39, 0.29) is 23.6 Å². The van der Waals surface area contributed by atoms with Crippen LogP contribution in [0.4, 0.5) is 38.0 Å². The largest absolute Gasteiger partial charge is 0.573 e. The Morgan fingerprint density at radius 3 is 2.51 bits per heavy atom. The second-order valence-electron chi connectivity index (χ2n) is 8.08. The number of aromatic nitrogens is 4. The molecule has 2 aromatic heterocycles. The molecule has 0 saturated carbocycles. The van der Waals surface area contributed by atoms with Crippen molar-refractivity contribution in [2.75, 3.05) is 5.32 Å². The predicted octanol–water partition coefficient (Wildman–Crippen LogP) is 4.55. The van der Waals surface area contributed by atoms with Gasteiger partial charge in [0.2, 0.25) is 5.91 Å². The molecule has 0 saturated heterocycles. The van der Waals surface area contributed by atoms with Crippen molar-refractivity contribution in [1.82, 2.24) is 25.3 Å². The molecule has 4 aromatic rings. The van der Waals surface area contributed by atoms with E-state index in [1.54, 1.807) is 12.1 Å². The van der Waals surface area contributed by atoms with Gasteiger partial charge >= 0.3 is 18.6 Å². The van der Waals surface area contributed by atoms with Gasteiger partial charge in [-0.3, -0.25) is 4.79 Å². The Balaban J connectivity index is 1.66. The van der Waals surface area contributed by atoms with E-state index < -0.39 is 47.8 Å². The first-order chi connectivity index (χ1) is 18.3. The normalized spacial score (nSPS) is 12.7. The number of nitrogens with zero attached hydrogens (tertiary/aromatic N) is 4. The van der Waals surface area contributed by atoms with Gasteiger partial charge in [0, 0.05) is 12.6 Å². The SMILES string of the molecule is C[C@H](N)C(=O)NCc1cccc(-n2nc(C(F)(F)F)cc2-c2nnc(Nc3ccccc3OC(F)(F)F)o2)c1. The van der Waals surface area contributed by atoms with Crippen LogP contribution in [0.1, 0.15) is 18.2 Å². The number of ether oxygens (including phenoxy) is 1. The Hall–Kier alpha value is -4.60. The third kappa shape index (κ3) is 6.84. The van der Waals surface area contributed by atoms with Crippen LogP contribution < -0.4 is 21.1 Å². The molecular weight excluding hydrogens is 536 g/mol. The molecule has 1 atom stereocenters. The lowest BCUT2D eigenvalue weighted by atomic mass is 10.2. The van der Waals surface area contributed by atoms with Crippen molar-refractivity contribution in [2.24, 2.45) is 5.73 Å². The average molecular weight is 555 g/mol. The van der Waals surface area contributed by atoms with Crippen molar-refractivity contribution >= 4 is 17.6 Å². The zero-order valence-corrected chi connectivity index (χ0v) is 19.8. The quantitative estimate of drug-likeness (QED) is 0.270. The number of halogens is 6. The highest BCUT2D eigenvalue weighted by atomic mass is 19.4. The topological polar surface area (TPSA) is 133 Å². The van der Waals surface area contributed by atoms with Gasteiger partial charge in [-0.2, -0.15) is 18.3 Å². The zero-order chi connectivity index (χ0) is 28.4. The molecule has 4 rings (SSSR count). The molecule has 16 heteroatoms. The maximum absolute atomic E-state index is 13.5. The van der Waals surface area contributed by atoms with Crippen LogP contribution in [0.15, 0.2) is 59.0 Å². The van der Waals surface area contributed by atoms with Gasteiger partial charge in [0.05, 0.1) is 17.4 Å². The third-order valence-corrected chi connectivity index (χ3v) is 5.03. The van der Waals surface area contributed by atoms with Gasteiger partial charge in [0.15, 0.2) is 11.4 Å². The van der Waals surface area contributed by atoms with Crippen LogP contribution in [0.3, 0.4) is 0 Å². The molecule has 0 unspecified atom stereocenters. The summed E-state index contributed by atoms with van der Waals surface area (Å²) in [6.45, 7) is 1.54. The number of carbonyl (C=O) groups excluding carboxylic acids is 1. The summed E-state index contributed by atoms with van der Waals surface area (Å²) in [4.78, 5) is 11.8.